The molecule has 8 heteroatoms. The number of hydrogen-bond acceptors (Lipinski definition) is 5. The number of ether oxygens (including phenoxy) is 1. The summed E-state index contributed by atoms with van der Waals surface area (Å²) >= 11 is 0. The number of carbonyl (C=O) groups is 2. The third kappa shape index (κ3) is 4.49. The average molecular weight is 242 g/mol. The zero-order chi connectivity index (χ0) is 12.8. The van der Waals surface area contributed by atoms with Crippen molar-refractivity contribution in [1.82, 2.24) is 20.3 Å². The number of aromatic nitrogens is 3. The Labute approximate surface area is 97.6 Å². The van der Waals surface area contributed by atoms with Gasteiger partial charge in [-0.05, 0) is 13.8 Å². The van der Waals surface area contributed by atoms with Crippen LogP contribution >= 0.6 is 0 Å². The Bertz CT molecular complexity index is 401. The van der Waals surface area contributed by atoms with E-state index in [0.29, 0.717) is 6.54 Å². The maximum absolute atomic E-state index is 11.1. The largest absolute Gasteiger partial charge is 0.476 e. The quantitative estimate of drug-likeness (QED) is 0.759. The second-order valence-corrected chi connectivity index (χ2v) is 3.55. The van der Waals surface area contributed by atoms with E-state index in [1.165, 1.54) is 10.9 Å². The maximum atomic E-state index is 11.1. The summed E-state index contributed by atoms with van der Waals surface area (Å²) in [5, 5.41) is 18.1. The van der Waals surface area contributed by atoms with Crippen LogP contribution in [0.15, 0.2) is 6.20 Å². The first-order valence-electron chi connectivity index (χ1n) is 5.07. The van der Waals surface area contributed by atoms with Crippen molar-refractivity contribution < 1.29 is 19.4 Å². The molecule has 1 rings (SSSR count). The highest BCUT2D eigenvalue weighted by Gasteiger charge is 2.08. The van der Waals surface area contributed by atoms with E-state index in [-0.39, 0.29) is 18.3 Å². The maximum Gasteiger partial charge on any atom is 0.407 e. The van der Waals surface area contributed by atoms with Gasteiger partial charge in [0.05, 0.1) is 18.8 Å². The number of alkyl carbamates (subject to hydrolysis) is 1. The molecule has 2 N–H and O–H groups in total. The number of hydrogen-bond donors (Lipinski definition) is 2. The van der Waals surface area contributed by atoms with Gasteiger partial charge in [-0.25, -0.2) is 14.3 Å². The zero-order valence-corrected chi connectivity index (χ0v) is 9.58. The molecular weight excluding hydrogens is 228 g/mol. The molecule has 0 saturated heterocycles. The van der Waals surface area contributed by atoms with E-state index < -0.39 is 12.1 Å². The first kappa shape index (κ1) is 12.9. The van der Waals surface area contributed by atoms with Gasteiger partial charge in [0.2, 0.25) is 0 Å². The van der Waals surface area contributed by atoms with Crippen molar-refractivity contribution in [2.45, 2.75) is 26.5 Å². The molecular formula is C9H14N4O4. The van der Waals surface area contributed by atoms with E-state index in [2.05, 4.69) is 15.6 Å². The lowest BCUT2D eigenvalue weighted by Crippen LogP contribution is -2.29. The fourth-order valence-corrected chi connectivity index (χ4v) is 1.03. The lowest BCUT2D eigenvalue weighted by Gasteiger charge is -2.08. The molecule has 0 atom stereocenters. The van der Waals surface area contributed by atoms with Gasteiger partial charge in [0, 0.05) is 6.54 Å². The predicted molar refractivity (Wildman–Crippen MR) is 56.6 cm³/mol. The van der Waals surface area contributed by atoms with Crippen molar-refractivity contribution in [3.63, 3.8) is 0 Å². The smallest absolute Gasteiger partial charge is 0.407 e. The van der Waals surface area contributed by atoms with Crippen LogP contribution in [0.2, 0.25) is 0 Å². The monoisotopic (exact) mass is 242 g/mol. The number of rotatable bonds is 5. The molecule has 0 spiro atoms. The van der Waals surface area contributed by atoms with Gasteiger partial charge in [-0.3, -0.25) is 0 Å². The minimum Gasteiger partial charge on any atom is -0.476 e. The Balaban J connectivity index is 2.31. The van der Waals surface area contributed by atoms with E-state index >= 15 is 0 Å². The molecule has 1 heterocycles. The number of nitrogens with zero attached hydrogens (tertiary/aromatic N) is 3. The van der Waals surface area contributed by atoms with Crippen LogP contribution in [0.3, 0.4) is 0 Å². The fourth-order valence-electron chi connectivity index (χ4n) is 1.03. The lowest BCUT2D eigenvalue weighted by molar-refractivity contribution is 0.0690. The van der Waals surface area contributed by atoms with E-state index in [1.807, 2.05) is 0 Å². The number of carboxylic acid groups (broad SMARTS) is 1. The predicted octanol–water partition coefficient (Wildman–Crippen LogP) is 0.111. The molecule has 0 aromatic carbocycles. The molecule has 0 aliphatic carbocycles. The molecule has 0 aliphatic heterocycles. The Kier molecular flexibility index (Phi) is 4.44. The van der Waals surface area contributed by atoms with Crippen molar-refractivity contribution in [3.05, 3.63) is 11.9 Å². The van der Waals surface area contributed by atoms with Crippen molar-refractivity contribution in [2.75, 3.05) is 6.54 Å². The van der Waals surface area contributed by atoms with Crippen molar-refractivity contribution in [3.8, 4) is 0 Å². The summed E-state index contributed by atoms with van der Waals surface area (Å²) in [7, 11) is 0. The van der Waals surface area contributed by atoms with E-state index in [0.717, 1.165) is 0 Å². The van der Waals surface area contributed by atoms with Crippen molar-refractivity contribution in [2.24, 2.45) is 0 Å². The number of nitrogens with one attached hydrogen (secondary N) is 1. The molecule has 0 unspecified atom stereocenters. The Morgan fingerprint density at radius 2 is 2.29 bits per heavy atom. The van der Waals surface area contributed by atoms with Gasteiger partial charge >= 0.3 is 12.1 Å². The van der Waals surface area contributed by atoms with Crippen LogP contribution in [-0.4, -0.2) is 44.8 Å². The van der Waals surface area contributed by atoms with Gasteiger partial charge in [-0.2, -0.15) is 0 Å². The highest BCUT2D eigenvalue weighted by molar-refractivity contribution is 5.84. The third-order valence-electron chi connectivity index (χ3n) is 1.71. The standard InChI is InChI=1S/C9H14N4O4/c1-6(2)17-9(16)10-3-4-13-5-7(8(14)15)11-12-13/h5-6H,3-4H2,1-2H3,(H,10,16)(H,14,15). The van der Waals surface area contributed by atoms with Crippen LogP contribution < -0.4 is 5.32 Å². The molecule has 1 amide bonds. The van der Waals surface area contributed by atoms with Crippen LogP contribution in [0.4, 0.5) is 4.79 Å². The Morgan fingerprint density at radius 3 is 2.82 bits per heavy atom. The molecule has 1 aromatic heterocycles. The fraction of sp³-hybridized carbons (Fsp3) is 0.556. The SMILES string of the molecule is CC(C)OC(=O)NCCn1cc(C(=O)O)nn1. The van der Waals surface area contributed by atoms with Gasteiger partial charge in [-0.1, -0.05) is 5.21 Å². The minimum atomic E-state index is -1.14. The van der Waals surface area contributed by atoms with Crippen molar-refractivity contribution in [1.29, 1.82) is 0 Å². The first-order valence-corrected chi connectivity index (χ1v) is 5.07. The van der Waals surface area contributed by atoms with Crippen LogP contribution in [0.5, 0.6) is 0 Å². The van der Waals surface area contributed by atoms with Crippen LogP contribution in [-0.2, 0) is 11.3 Å². The number of aromatic carboxylic acids is 1. The van der Waals surface area contributed by atoms with E-state index in [4.69, 9.17) is 9.84 Å². The summed E-state index contributed by atoms with van der Waals surface area (Å²) in [4.78, 5) is 21.6. The summed E-state index contributed by atoms with van der Waals surface area (Å²) in [5.41, 5.74) is -0.130. The van der Waals surface area contributed by atoms with Gasteiger partial charge in [-0.15, -0.1) is 5.10 Å². The molecule has 0 saturated carbocycles. The first-order chi connectivity index (χ1) is 7.99. The van der Waals surface area contributed by atoms with Gasteiger partial charge in [0.25, 0.3) is 0 Å². The van der Waals surface area contributed by atoms with Gasteiger partial charge < -0.3 is 15.2 Å². The van der Waals surface area contributed by atoms with E-state index in [1.54, 1.807) is 13.8 Å². The molecule has 8 nitrogen and oxygen atoms in total. The number of carbonyl (C=O) groups excluding carboxylic acids is 1. The zero-order valence-electron chi connectivity index (χ0n) is 9.58. The van der Waals surface area contributed by atoms with Gasteiger partial charge in [0.1, 0.15) is 0 Å². The average Bonchev–Trinajstić information content (AvgIpc) is 2.65. The summed E-state index contributed by atoms with van der Waals surface area (Å²) in [6, 6.07) is 0. The number of carboxylic acids is 1. The van der Waals surface area contributed by atoms with Crippen molar-refractivity contribution >= 4 is 12.1 Å². The summed E-state index contributed by atoms with van der Waals surface area (Å²) < 4.78 is 6.17. The molecule has 0 aliphatic rings. The molecule has 0 radical (unpaired) electrons. The Morgan fingerprint density at radius 1 is 1.59 bits per heavy atom. The van der Waals surface area contributed by atoms with Gasteiger partial charge in [0.15, 0.2) is 5.69 Å². The molecule has 94 valence electrons. The molecule has 0 fully saturated rings. The Hall–Kier alpha value is -2.12. The highest BCUT2D eigenvalue weighted by Crippen LogP contribution is 1.92. The summed E-state index contributed by atoms with van der Waals surface area (Å²) in [6.45, 7) is 4.10. The van der Waals surface area contributed by atoms with Crippen LogP contribution in [0, 0.1) is 0 Å². The van der Waals surface area contributed by atoms with Crippen LogP contribution in [0.1, 0.15) is 24.3 Å². The third-order valence-corrected chi connectivity index (χ3v) is 1.71. The normalized spacial score (nSPS) is 10.3. The second kappa shape index (κ2) is 5.83. The minimum absolute atomic E-state index is 0.130. The summed E-state index contributed by atoms with van der Waals surface area (Å²) in [6.07, 6.45) is 0.594. The van der Waals surface area contributed by atoms with Crippen LogP contribution in [0.25, 0.3) is 0 Å². The molecule has 0 bridgehead atoms. The number of amides is 1. The summed E-state index contributed by atoms with van der Waals surface area (Å²) in [5.74, 6) is -1.14. The molecule has 1 aromatic rings. The topological polar surface area (TPSA) is 106 Å². The lowest BCUT2D eigenvalue weighted by atomic mass is 10.5. The molecule has 17 heavy (non-hydrogen) atoms. The van der Waals surface area contributed by atoms with E-state index in [9.17, 15) is 9.59 Å². The second-order valence-electron chi connectivity index (χ2n) is 3.55. The highest BCUT2D eigenvalue weighted by atomic mass is 16.6.